The molecular weight excluding hydrogens is 817 g/mol. The SMILES string of the molecule is C#COc1ccc(CCCCCCN)cc1.CC.CCCC.COc1cc2c(cc1O)C1(CC2(C)C)CC(C)(C)c2cc3c(cc21)Oc1c(c(C(N)N)c(C)c(C)c1C(N)N)O3.N.N.N. The molecule has 1 heterocycles. The van der Waals surface area contributed by atoms with E-state index in [2.05, 4.69) is 71.9 Å². The Kier molecular flexibility index (Phi) is 22.0. The number of terminal acetylenes is 1. The summed E-state index contributed by atoms with van der Waals surface area (Å²) < 4.78 is 23.6. The van der Waals surface area contributed by atoms with Crippen molar-refractivity contribution in [2.45, 2.75) is 156 Å². The number of aryl methyl sites for hydroxylation is 1. The Balaban J connectivity index is 0.000000712. The number of rotatable bonds is 11. The van der Waals surface area contributed by atoms with Crippen LogP contribution in [0.15, 0.2) is 48.5 Å². The van der Waals surface area contributed by atoms with Crippen LogP contribution in [0, 0.1) is 26.4 Å². The number of aromatic hydroxyl groups is 1. The third kappa shape index (κ3) is 12.1. The average molecular weight is 901 g/mol. The number of fused-ring (bicyclic) bond motifs is 6. The molecule has 1 atom stereocenters. The van der Waals surface area contributed by atoms with E-state index in [0.717, 1.165) is 54.7 Å². The molecular formula is C52H84N8O5. The molecule has 1 aliphatic heterocycles. The van der Waals surface area contributed by atoms with Gasteiger partial charge in [-0.1, -0.05) is 99.6 Å². The van der Waals surface area contributed by atoms with Crippen molar-refractivity contribution in [2.24, 2.45) is 28.7 Å². The van der Waals surface area contributed by atoms with Crippen molar-refractivity contribution in [3.8, 4) is 52.8 Å². The molecule has 0 saturated heterocycles. The van der Waals surface area contributed by atoms with E-state index in [1.54, 1.807) is 7.11 Å². The molecule has 13 heteroatoms. The Bertz CT molecular complexity index is 2200. The summed E-state index contributed by atoms with van der Waals surface area (Å²) in [5, 5.41) is 10.9. The average Bonchev–Trinajstić information content (AvgIpc) is 3.58. The zero-order valence-corrected chi connectivity index (χ0v) is 41.5. The molecule has 0 bridgehead atoms. The Labute approximate surface area is 390 Å². The van der Waals surface area contributed by atoms with Gasteiger partial charge in [-0.05, 0) is 139 Å². The first-order valence-electron chi connectivity index (χ1n) is 22.5. The Hall–Kier alpha value is -4.88. The first-order valence-corrected chi connectivity index (χ1v) is 22.5. The predicted octanol–water partition coefficient (Wildman–Crippen LogP) is 11.4. The van der Waals surface area contributed by atoms with E-state index in [4.69, 9.17) is 54.0 Å². The third-order valence-electron chi connectivity index (χ3n) is 12.6. The highest BCUT2D eigenvalue weighted by atomic mass is 16.6. The van der Waals surface area contributed by atoms with Gasteiger partial charge >= 0.3 is 0 Å². The number of benzene rings is 4. The standard InChI is InChI=1S/C32H40N4O4.C14H19NO.C4H10.C2H6.3H3N/c1-14-15(2)25(29(35)36)27-26(24(14)28(33)34)39-22-10-17-19(11-23(22)40-27)32(13-31(17,5)6)12-30(3,4)16-9-21(38-7)20(37)8-18(16)32;1-2-16-14-10-8-13(9-11-14)7-5-3-4-6-12-15;1-3-4-2;1-2;;;/h8-11,28-29,37H,12-13,33-36H2,1-7H3;1,8-11H,3-7,12,15H2;3-4H2,1-2H3;1-2H3;3*1H3. The second kappa shape index (κ2) is 24.6. The van der Waals surface area contributed by atoms with Gasteiger partial charge in [0.15, 0.2) is 34.5 Å². The summed E-state index contributed by atoms with van der Waals surface area (Å²) in [7, 11) is 1.59. The van der Waals surface area contributed by atoms with Crippen molar-refractivity contribution in [2.75, 3.05) is 13.7 Å². The molecule has 4 aromatic carbocycles. The van der Waals surface area contributed by atoms with E-state index in [1.165, 1.54) is 54.4 Å². The van der Waals surface area contributed by atoms with Gasteiger partial charge < -0.3 is 71.2 Å². The molecule has 362 valence electrons. The molecule has 1 spiro atoms. The molecule has 65 heavy (non-hydrogen) atoms. The van der Waals surface area contributed by atoms with Crippen LogP contribution in [-0.2, 0) is 22.7 Å². The Morgan fingerprint density at radius 3 is 1.58 bits per heavy atom. The summed E-state index contributed by atoms with van der Waals surface area (Å²) in [4.78, 5) is 0. The predicted molar refractivity (Wildman–Crippen MR) is 270 cm³/mol. The number of methoxy groups -OCH3 is 1. The largest absolute Gasteiger partial charge is 0.504 e. The van der Waals surface area contributed by atoms with E-state index in [-0.39, 0.29) is 40.4 Å². The van der Waals surface area contributed by atoms with E-state index in [0.29, 0.717) is 39.9 Å². The molecule has 0 radical (unpaired) electrons. The van der Waals surface area contributed by atoms with Gasteiger partial charge in [-0.3, -0.25) is 0 Å². The molecule has 7 rings (SSSR count). The van der Waals surface area contributed by atoms with Gasteiger partial charge in [0, 0.05) is 16.5 Å². The van der Waals surface area contributed by atoms with E-state index < -0.39 is 12.3 Å². The third-order valence-corrected chi connectivity index (χ3v) is 12.6. The lowest BCUT2D eigenvalue weighted by molar-refractivity contribution is 0.345. The van der Waals surface area contributed by atoms with Crippen LogP contribution in [0.3, 0.4) is 0 Å². The number of ether oxygens (including phenoxy) is 4. The van der Waals surface area contributed by atoms with Crippen LogP contribution >= 0.6 is 0 Å². The van der Waals surface area contributed by atoms with Gasteiger partial charge in [0.25, 0.3) is 0 Å². The molecule has 3 aliphatic rings. The van der Waals surface area contributed by atoms with Crippen LogP contribution in [0.4, 0.5) is 0 Å². The fraction of sp³-hybridized carbons (Fsp3) is 0.500. The topological polar surface area (TPSA) is 292 Å². The number of hydrogen-bond donors (Lipinski definition) is 9. The second-order valence-corrected chi connectivity index (χ2v) is 17.9. The number of nitrogens with two attached hydrogens (primary N) is 5. The highest BCUT2D eigenvalue weighted by Gasteiger charge is 2.57. The molecule has 2 aliphatic carbocycles. The van der Waals surface area contributed by atoms with Crippen LogP contribution in [-0.4, -0.2) is 18.8 Å². The number of hydrogen-bond acceptors (Lipinski definition) is 13. The zero-order valence-electron chi connectivity index (χ0n) is 41.5. The number of phenols is 1. The smallest absolute Gasteiger partial charge is 0.176 e. The lowest BCUT2D eigenvalue weighted by atomic mass is 9.72. The van der Waals surface area contributed by atoms with E-state index in [9.17, 15) is 5.11 Å². The van der Waals surface area contributed by atoms with Crippen LogP contribution in [0.25, 0.3) is 0 Å². The van der Waals surface area contributed by atoms with Crippen LogP contribution in [0.1, 0.15) is 169 Å². The van der Waals surface area contributed by atoms with Crippen LogP contribution in [0.2, 0.25) is 0 Å². The first kappa shape index (κ1) is 58.1. The normalized spacial score (nSPS) is 16.0. The minimum atomic E-state index is -0.777. The summed E-state index contributed by atoms with van der Waals surface area (Å²) in [5.41, 5.74) is 38.9. The fourth-order valence-electron chi connectivity index (χ4n) is 9.48. The number of phenolic OH excluding ortho intramolecular Hbond substituents is 1. The summed E-state index contributed by atoms with van der Waals surface area (Å²) >= 11 is 0. The molecule has 4 aromatic rings. The quantitative estimate of drug-likeness (QED) is 0.0339. The van der Waals surface area contributed by atoms with Gasteiger partial charge in [-0.15, -0.1) is 0 Å². The van der Waals surface area contributed by atoms with Crippen LogP contribution < -0.4 is 66.1 Å². The zero-order chi connectivity index (χ0) is 46.2. The van der Waals surface area contributed by atoms with E-state index >= 15 is 0 Å². The highest BCUT2D eigenvalue weighted by molar-refractivity contribution is 5.70. The van der Waals surface area contributed by atoms with E-state index in [1.807, 2.05) is 52.0 Å². The number of unbranched alkanes of at least 4 members (excludes halogenated alkanes) is 4. The molecule has 0 saturated carbocycles. The highest BCUT2D eigenvalue weighted by Crippen LogP contribution is 2.66. The minimum absolute atomic E-state index is 0. The maximum Gasteiger partial charge on any atom is 0.176 e. The van der Waals surface area contributed by atoms with Crippen molar-refractivity contribution in [1.29, 1.82) is 0 Å². The summed E-state index contributed by atoms with van der Waals surface area (Å²) in [6.07, 6.45) is 16.0. The van der Waals surface area contributed by atoms with Crippen molar-refractivity contribution in [1.82, 2.24) is 18.5 Å². The second-order valence-electron chi connectivity index (χ2n) is 17.9. The van der Waals surface area contributed by atoms with Gasteiger partial charge in [0.1, 0.15) is 11.9 Å². The van der Waals surface area contributed by atoms with Gasteiger partial charge in [0.05, 0.1) is 19.4 Å². The molecule has 0 aromatic heterocycles. The monoisotopic (exact) mass is 901 g/mol. The molecule has 1 unspecified atom stereocenters. The first-order chi connectivity index (χ1) is 29.4. The molecule has 20 N–H and O–H groups in total. The summed E-state index contributed by atoms with van der Waals surface area (Å²) in [6.45, 7) is 22.1. The maximum absolute atomic E-state index is 10.9. The summed E-state index contributed by atoms with van der Waals surface area (Å²) in [6, 6.07) is 16.1. The molecule has 0 fully saturated rings. The fourth-order valence-corrected chi connectivity index (χ4v) is 9.48. The lowest BCUT2D eigenvalue weighted by Crippen LogP contribution is -2.27. The maximum atomic E-state index is 10.9. The summed E-state index contributed by atoms with van der Waals surface area (Å²) in [5.74, 6) is 3.50. The molecule has 13 nitrogen and oxygen atoms in total. The van der Waals surface area contributed by atoms with Gasteiger partial charge in [0.2, 0.25) is 0 Å². The van der Waals surface area contributed by atoms with Gasteiger partial charge in [-0.2, -0.15) is 0 Å². The Morgan fingerprint density at radius 2 is 1.15 bits per heavy atom. The van der Waals surface area contributed by atoms with Crippen molar-refractivity contribution < 1.29 is 24.1 Å². The lowest BCUT2D eigenvalue weighted by Gasteiger charge is -2.32. The Morgan fingerprint density at radius 1 is 0.708 bits per heavy atom. The van der Waals surface area contributed by atoms with Crippen molar-refractivity contribution in [3.05, 3.63) is 98.6 Å². The molecule has 0 amide bonds. The van der Waals surface area contributed by atoms with Crippen LogP contribution in [0.5, 0.6) is 40.2 Å². The van der Waals surface area contributed by atoms with Crippen molar-refractivity contribution in [3.63, 3.8) is 0 Å². The minimum Gasteiger partial charge on any atom is -0.504 e. The van der Waals surface area contributed by atoms with Gasteiger partial charge in [-0.25, -0.2) is 0 Å². The van der Waals surface area contributed by atoms with Crippen molar-refractivity contribution >= 4 is 0 Å².